The first-order chi connectivity index (χ1) is 8.40. The molecule has 1 aliphatic heterocycles. The van der Waals surface area contributed by atoms with Gasteiger partial charge in [-0.3, -0.25) is 9.69 Å². The van der Waals surface area contributed by atoms with Crippen molar-refractivity contribution in [2.75, 3.05) is 32.7 Å². The van der Waals surface area contributed by atoms with Crippen LogP contribution in [0, 0.1) is 5.41 Å². The molecule has 0 unspecified atom stereocenters. The van der Waals surface area contributed by atoms with Crippen molar-refractivity contribution in [3.05, 3.63) is 0 Å². The quantitative estimate of drug-likeness (QED) is 0.328. The molecular formula is C12H24N4O2. The van der Waals surface area contributed by atoms with Gasteiger partial charge in [0.2, 0.25) is 5.91 Å². The van der Waals surface area contributed by atoms with E-state index in [0.29, 0.717) is 19.6 Å². The highest BCUT2D eigenvalue weighted by Gasteiger charge is 2.32. The molecule has 0 spiro atoms. The second kappa shape index (κ2) is 6.04. The number of nitrogens with zero attached hydrogens (tertiary/aromatic N) is 3. The first kappa shape index (κ1) is 14.8. The number of rotatable bonds is 4. The van der Waals surface area contributed by atoms with Gasteiger partial charge in [-0.05, 0) is 6.42 Å². The lowest BCUT2D eigenvalue weighted by Crippen LogP contribution is -2.53. The minimum Gasteiger partial charge on any atom is -0.409 e. The molecule has 6 heteroatoms. The molecule has 1 heterocycles. The van der Waals surface area contributed by atoms with Crippen LogP contribution < -0.4 is 5.73 Å². The molecule has 0 radical (unpaired) electrons. The molecule has 0 aromatic rings. The molecule has 0 saturated carbocycles. The van der Waals surface area contributed by atoms with E-state index in [9.17, 15) is 4.79 Å². The van der Waals surface area contributed by atoms with E-state index in [1.54, 1.807) is 0 Å². The predicted octanol–water partition coefficient (Wildman–Crippen LogP) is 0.313. The summed E-state index contributed by atoms with van der Waals surface area (Å²) in [4.78, 5) is 16.2. The van der Waals surface area contributed by atoms with Crippen LogP contribution in [0.25, 0.3) is 0 Å². The van der Waals surface area contributed by atoms with E-state index in [2.05, 4.69) is 10.1 Å². The van der Waals surface area contributed by atoms with Crippen molar-refractivity contribution in [2.24, 2.45) is 16.3 Å². The van der Waals surface area contributed by atoms with E-state index in [-0.39, 0.29) is 17.2 Å². The van der Waals surface area contributed by atoms with Crippen molar-refractivity contribution < 1.29 is 10.0 Å². The van der Waals surface area contributed by atoms with Gasteiger partial charge in [0.1, 0.15) is 0 Å². The van der Waals surface area contributed by atoms with Crippen LogP contribution >= 0.6 is 0 Å². The number of carbonyl (C=O) groups is 1. The fraction of sp³-hybridized carbons (Fsp3) is 0.833. The average molecular weight is 256 g/mol. The topological polar surface area (TPSA) is 82.2 Å². The van der Waals surface area contributed by atoms with E-state index in [4.69, 9.17) is 10.9 Å². The lowest BCUT2D eigenvalue weighted by atomic mass is 9.88. The highest BCUT2D eigenvalue weighted by Crippen LogP contribution is 2.23. The molecule has 104 valence electrons. The zero-order valence-electron chi connectivity index (χ0n) is 11.5. The van der Waals surface area contributed by atoms with Crippen molar-refractivity contribution >= 4 is 11.7 Å². The number of hydrogen-bond acceptors (Lipinski definition) is 4. The Kier molecular flexibility index (Phi) is 4.95. The van der Waals surface area contributed by atoms with Crippen LogP contribution in [0.1, 0.15) is 27.2 Å². The third kappa shape index (κ3) is 3.60. The molecule has 1 rings (SSSR count). The van der Waals surface area contributed by atoms with Crippen LogP contribution in [-0.4, -0.2) is 59.5 Å². The Labute approximate surface area is 108 Å². The Bertz CT molecular complexity index is 320. The highest BCUT2D eigenvalue weighted by atomic mass is 16.4. The molecule has 1 saturated heterocycles. The van der Waals surface area contributed by atoms with E-state index < -0.39 is 0 Å². The number of hydrogen-bond donors (Lipinski definition) is 2. The minimum absolute atomic E-state index is 0.212. The summed E-state index contributed by atoms with van der Waals surface area (Å²) in [6.45, 7) is 9.41. The number of oxime groups is 1. The second-order valence-corrected chi connectivity index (χ2v) is 5.40. The molecule has 0 aromatic heterocycles. The molecule has 0 atom stereocenters. The highest BCUT2D eigenvalue weighted by molar-refractivity contribution is 5.82. The maximum Gasteiger partial charge on any atom is 0.228 e. The number of carbonyl (C=O) groups excluding carboxylic acids is 1. The number of nitrogens with two attached hydrogens (primary N) is 1. The summed E-state index contributed by atoms with van der Waals surface area (Å²) in [6.07, 6.45) is 0.843. The minimum atomic E-state index is -0.284. The Morgan fingerprint density at radius 1 is 1.33 bits per heavy atom. The van der Waals surface area contributed by atoms with Gasteiger partial charge >= 0.3 is 0 Å². The fourth-order valence-electron chi connectivity index (χ4n) is 1.95. The fourth-order valence-corrected chi connectivity index (χ4v) is 1.95. The summed E-state index contributed by atoms with van der Waals surface area (Å²) in [5, 5.41) is 11.5. The van der Waals surface area contributed by atoms with Crippen LogP contribution in [0.3, 0.4) is 0 Å². The summed E-state index contributed by atoms with van der Waals surface area (Å²) in [7, 11) is 0. The summed E-state index contributed by atoms with van der Waals surface area (Å²) in [5.41, 5.74) is 5.18. The zero-order valence-corrected chi connectivity index (χ0v) is 11.5. The Morgan fingerprint density at radius 3 is 2.33 bits per heavy atom. The maximum atomic E-state index is 12.3. The summed E-state index contributed by atoms with van der Waals surface area (Å²) >= 11 is 0. The summed E-state index contributed by atoms with van der Waals surface area (Å²) in [5.74, 6) is 0.428. The summed E-state index contributed by atoms with van der Waals surface area (Å²) in [6, 6.07) is 0. The third-order valence-electron chi connectivity index (χ3n) is 3.64. The van der Waals surface area contributed by atoms with E-state index in [1.165, 1.54) is 0 Å². The smallest absolute Gasteiger partial charge is 0.228 e. The van der Waals surface area contributed by atoms with E-state index in [0.717, 1.165) is 19.5 Å². The monoisotopic (exact) mass is 256 g/mol. The standard InChI is InChI=1S/C12H24N4O2/c1-4-12(2,3)11(17)16-7-5-15(6-8-16)9-10(13)14-18/h18H,4-9H2,1-3H3,(H2,13,14). The third-order valence-corrected chi connectivity index (χ3v) is 3.64. The van der Waals surface area contributed by atoms with Gasteiger partial charge in [0.15, 0.2) is 5.84 Å². The normalized spacial score (nSPS) is 19.1. The average Bonchev–Trinajstić information content (AvgIpc) is 2.38. The summed E-state index contributed by atoms with van der Waals surface area (Å²) < 4.78 is 0. The van der Waals surface area contributed by atoms with Crippen LogP contribution in [0.15, 0.2) is 5.16 Å². The van der Waals surface area contributed by atoms with Crippen molar-refractivity contribution in [3.8, 4) is 0 Å². The SMILES string of the molecule is CCC(C)(C)C(=O)N1CCN(CC(N)=NO)CC1. The second-order valence-electron chi connectivity index (χ2n) is 5.40. The molecule has 3 N–H and O–H groups in total. The Balaban J connectivity index is 2.47. The van der Waals surface area contributed by atoms with Crippen molar-refractivity contribution in [2.45, 2.75) is 27.2 Å². The van der Waals surface area contributed by atoms with Crippen molar-refractivity contribution in [1.82, 2.24) is 9.80 Å². The molecule has 1 fully saturated rings. The number of amidine groups is 1. The van der Waals surface area contributed by atoms with Crippen LogP contribution in [0.5, 0.6) is 0 Å². The van der Waals surface area contributed by atoms with Gasteiger partial charge in [-0.1, -0.05) is 25.9 Å². The van der Waals surface area contributed by atoms with Gasteiger partial charge in [0.25, 0.3) is 0 Å². The van der Waals surface area contributed by atoms with E-state index in [1.807, 2.05) is 25.7 Å². The molecule has 18 heavy (non-hydrogen) atoms. The Morgan fingerprint density at radius 2 is 1.89 bits per heavy atom. The van der Waals surface area contributed by atoms with Gasteiger partial charge in [-0.25, -0.2) is 0 Å². The first-order valence-corrected chi connectivity index (χ1v) is 6.39. The number of amides is 1. The molecular weight excluding hydrogens is 232 g/mol. The zero-order chi connectivity index (χ0) is 13.8. The molecule has 0 aromatic carbocycles. The largest absolute Gasteiger partial charge is 0.409 e. The maximum absolute atomic E-state index is 12.3. The van der Waals surface area contributed by atoms with Crippen molar-refractivity contribution in [1.29, 1.82) is 0 Å². The van der Waals surface area contributed by atoms with Crippen LogP contribution in [0.2, 0.25) is 0 Å². The van der Waals surface area contributed by atoms with Gasteiger partial charge in [0, 0.05) is 31.6 Å². The van der Waals surface area contributed by atoms with E-state index >= 15 is 0 Å². The number of piperazine rings is 1. The van der Waals surface area contributed by atoms with Crippen molar-refractivity contribution in [3.63, 3.8) is 0 Å². The molecule has 1 amide bonds. The first-order valence-electron chi connectivity index (χ1n) is 6.39. The molecule has 0 aliphatic carbocycles. The van der Waals surface area contributed by atoms with Gasteiger partial charge in [0.05, 0.1) is 6.54 Å². The lowest BCUT2D eigenvalue weighted by Gasteiger charge is -2.38. The predicted molar refractivity (Wildman–Crippen MR) is 70.5 cm³/mol. The molecule has 1 aliphatic rings. The van der Waals surface area contributed by atoms with Gasteiger partial charge in [-0.15, -0.1) is 0 Å². The molecule has 6 nitrogen and oxygen atoms in total. The van der Waals surface area contributed by atoms with Gasteiger partial charge < -0.3 is 15.8 Å². The molecule has 0 bridgehead atoms. The van der Waals surface area contributed by atoms with Crippen LogP contribution in [0.4, 0.5) is 0 Å². The van der Waals surface area contributed by atoms with Gasteiger partial charge in [-0.2, -0.15) is 0 Å². The lowest BCUT2D eigenvalue weighted by molar-refractivity contribution is -0.142. The van der Waals surface area contributed by atoms with Crippen LogP contribution in [-0.2, 0) is 4.79 Å². The Hall–Kier alpha value is -1.30.